The second-order valence-electron chi connectivity index (χ2n) is 4.08. The van der Waals surface area contributed by atoms with Crippen LogP contribution in [0, 0.1) is 5.41 Å². The van der Waals surface area contributed by atoms with Gasteiger partial charge in [0, 0.05) is 13.1 Å². The van der Waals surface area contributed by atoms with Gasteiger partial charge in [0.05, 0.1) is 12.0 Å². The van der Waals surface area contributed by atoms with Crippen LogP contribution >= 0.6 is 0 Å². The lowest BCUT2D eigenvalue weighted by molar-refractivity contribution is -0.197. The van der Waals surface area contributed by atoms with Crippen LogP contribution in [0.15, 0.2) is 0 Å². The van der Waals surface area contributed by atoms with Crippen molar-refractivity contribution < 1.29 is 8.78 Å². The maximum atomic E-state index is 13.4. The van der Waals surface area contributed by atoms with Crippen LogP contribution in [0.1, 0.15) is 20.3 Å². The lowest BCUT2D eigenvalue weighted by atomic mass is 9.70. The average molecular weight is 206 g/mol. The predicted octanol–water partition coefficient (Wildman–Crippen LogP) is 1.57. The van der Waals surface area contributed by atoms with E-state index in [4.69, 9.17) is 0 Å². The van der Waals surface area contributed by atoms with Crippen LogP contribution in [0.3, 0.4) is 0 Å². The van der Waals surface area contributed by atoms with Crippen LogP contribution in [-0.2, 0) is 0 Å². The third-order valence-electron chi connectivity index (χ3n) is 3.05. The highest BCUT2D eigenvalue weighted by atomic mass is 19.3. The molecule has 0 radical (unpaired) electrons. The number of rotatable bonds is 0. The fourth-order valence-electron chi connectivity index (χ4n) is 2.32. The van der Waals surface area contributed by atoms with Gasteiger partial charge in [-0.05, 0) is 20.0 Å². The van der Waals surface area contributed by atoms with Crippen molar-refractivity contribution in [3.63, 3.8) is 0 Å². The first-order valence-corrected chi connectivity index (χ1v) is 5.33. The number of halogens is 2. The molecule has 0 saturated carbocycles. The van der Waals surface area contributed by atoms with Crippen molar-refractivity contribution in [3.05, 3.63) is 0 Å². The Labute approximate surface area is 84.7 Å². The number of nitrogens with zero attached hydrogens (tertiary/aromatic N) is 1. The first-order valence-electron chi connectivity index (χ1n) is 5.33. The summed E-state index contributed by atoms with van der Waals surface area (Å²) in [6, 6.07) is 0. The van der Waals surface area contributed by atoms with Crippen molar-refractivity contribution in [2.75, 3.05) is 33.2 Å². The zero-order valence-corrected chi connectivity index (χ0v) is 9.24. The molecule has 1 N–H and O–H groups in total. The van der Waals surface area contributed by atoms with Gasteiger partial charge in [0.2, 0.25) is 0 Å². The predicted molar refractivity (Wildman–Crippen MR) is 53.7 cm³/mol. The quantitative estimate of drug-likeness (QED) is 0.647. The van der Waals surface area contributed by atoms with Crippen LogP contribution in [0.25, 0.3) is 0 Å². The lowest BCUT2D eigenvalue weighted by Crippen LogP contribution is -2.68. The Morgan fingerprint density at radius 2 is 1.79 bits per heavy atom. The highest BCUT2D eigenvalue weighted by molar-refractivity contribution is 5.06. The maximum Gasteiger partial charge on any atom is 0.268 e. The zero-order valence-electron chi connectivity index (χ0n) is 9.24. The molecule has 2 fully saturated rings. The minimum Gasteiger partial charge on any atom is -0.311 e. The number of likely N-dealkylation sites (tertiary alicyclic amines) is 1. The van der Waals surface area contributed by atoms with Gasteiger partial charge in [-0.2, -0.15) is 0 Å². The molecule has 84 valence electrons. The Balaban J connectivity index is 0.000000461. The topological polar surface area (TPSA) is 15.3 Å². The molecule has 2 rings (SSSR count). The molecular weight excluding hydrogens is 186 g/mol. The summed E-state index contributed by atoms with van der Waals surface area (Å²) in [5.41, 5.74) is -0.701. The van der Waals surface area contributed by atoms with E-state index in [0.717, 1.165) is 6.54 Å². The monoisotopic (exact) mass is 206 g/mol. The first-order chi connectivity index (χ1) is 6.56. The molecule has 0 bridgehead atoms. The summed E-state index contributed by atoms with van der Waals surface area (Å²) in [4.78, 5) is 1.96. The second-order valence-corrected chi connectivity index (χ2v) is 4.08. The van der Waals surface area contributed by atoms with Crippen LogP contribution < -0.4 is 5.32 Å². The molecule has 0 amide bonds. The molecule has 1 spiro atoms. The SMILES string of the molecule is CC.CN1CC2(CCNCC2(F)F)C1. The van der Waals surface area contributed by atoms with Gasteiger partial charge in [-0.1, -0.05) is 13.8 Å². The molecule has 4 heteroatoms. The van der Waals surface area contributed by atoms with E-state index < -0.39 is 11.3 Å². The summed E-state index contributed by atoms with van der Waals surface area (Å²) in [7, 11) is 1.89. The van der Waals surface area contributed by atoms with Gasteiger partial charge in [-0.15, -0.1) is 0 Å². The Kier molecular flexibility index (Phi) is 3.48. The smallest absolute Gasteiger partial charge is 0.268 e. The van der Waals surface area contributed by atoms with E-state index >= 15 is 0 Å². The maximum absolute atomic E-state index is 13.4. The average Bonchev–Trinajstić information content (AvgIpc) is 2.10. The number of hydrogen-bond acceptors (Lipinski definition) is 2. The molecule has 0 aromatic rings. The van der Waals surface area contributed by atoms with Gasteiger partial charge in [-0.3, -0.25) is 0 Å². The zero-order chi connectivity index (χ0) is 10.8. The van der Waals surface area contributed by atoms with Gasteiger partial charge in [0.1, 0.15) is 0 Å². The summed E-state index contributed by atoms with van der Waals surface area (Å²) < 4.78 is 26.8. The fourth-order valence-corrected chi connectivity index (χ4v) is 2.32. The third-order valence-corrected chi connectivity index (χ3v) is 3.05. The van der Waals surface area contributed by atoms with Gasteiger partial charge in [-0.25, -0.2) is 8.78 Å². The summed E-state index contributed by atoms with van der Waals surface area (Å²) in [6.07, 6.45) is 0.615. The van der Waals surface area contributed by atoms with Crippen LogP contribution in [-0.4, -0.2) is 44.0 Å². The summed E-state index contributed by atoms with van der Waals surface area (Å²) in [5, 5.41) is 2.74. The van der Waals surface area contributed by atoms with E-state index in [1.165, 1.54) is 0 Å². The Hall–Kier alpha value is -0.220. The normalized spacial score (nSPS) is 28.9. The number of alkyl halides is 2. The molecule has 0 aromatic carbocycles. The van der Waals surface area contributed by atoms with E-state index in [9.17, 15) is 8.78 Å². The molecule has 2 saturated heterocycles. The van der Waals surface area contributed by atoms with E-state index in [1.54, 1.807) is 0 Å². The molecule has 0 aromatic heterocycles. The third kappa shape index (κ3) is 1.77. The van der Waals surface area contributed by atoms with Crippen LogP contribution in [0.4, 0.5) is 8.78 Å². The van der Waals surface area contributed by atoms with E-state index in [0.29, 0.717) is 19.5 Å². The summed E-state index contributed by atoms with van der Waals surface area (Å²) in [5.74, 6) is -2.50. The number of nitrogens with one attached hydrogen (secondary N) is 1. The van der Waals surface area contributed by atoms with Gasteiger partial charge in [0.25, 0.3) is 5.92 Å². The van der Waals surface area contributed by atoms with Crippen molar-refractivity contribution in [2.45, 2.75) is 26.2 Å². The van der Waals surface area contributed by atoms with Crippen molar-refractivity contribution in [3.8, 4) is 0 Å². The Morgan fingerprint density at radius 1 is 1.21 bits per heavy atom. The van der Waals surface area contributed by atoms with E-state index in [1.807, 2.05) is 25.8 Å². The van der Waals surface area contributed by atoms with Crippen LogP contribution in [0.5, 0.6) is 0 Å². The Bertz CT molecular complexity index is 183. The lowest BCUT2D eigenvalue weighted by Gasteiger charge is -2.54. The molecule has 2 aliphatic rings. The van der Waals surface area contributed by atoms with Crippen molar-refractivity contribution in [2.24, 2.45) is 5.41 Å². The highest BCUT2D eigenvalue weighted by Gasteiger charge is 2.60. The minimum atomic E-state index is -2.50. The van der Waals surface area contributed by atoms with Gasteiger partial charge >= 0.3 is 0 Å². The van der Waals surface area contributed by atoms with E-state index in [-0.39, 0.29) is 6.54 Å². The molecule has 0 aliphatic carbocycles. The summed E-state index contributed by atoms with van der Waals surface area (Å²) in [6.45, 7) is 5.72. The Morgan fingerprint density at radius 3 is 2.21 bits per heavy atom. The summed E-state index contributed by atoms with van der Waals surface area (Å²) >= 11 is 0. The minimum absolute atomic E-state index is 0.138. The molecule has 2 heterocycles. The second kappa shape index (κ2) is 4.11. The van der Waals surface area contributed by atoms with Gasteiger partial charge < -0.3 is 10.2 Å². The van der Waals surface area contributed by atoms with Crippen molar-refractivity contribution in [1.82, 2.24) is 10.2 Å². The number of hydrogen-bond donors (Lipinski definition) is 1. The highest BCUT2D eigenvalue weighted by Crippen LogP contribution is 2.47. The van der Waals surface area contributed by atoms with Gasteiger partial charge in [0.15, 0.2) is 0 Å². The molecular formula is C10H20F2N2. The number of piperidine rings is 1. The molecule has 0 unspecified atom stereocenters. The molecule has 0 atom stereocenters. The molecule has 2 nitrogen and oxygen atoms in total. The van der Waals surface area contributed by atoms with Crippen molar-refractivity contribution >= 4 is 0 Å². The molecule has 2 aliphatic heterocycles. The van der Waals surface area contributed by atoms with Crippen molar-refractivity contribution in [1.29, 1.82) is 0 Å². The first kappa shape index (κ1) is 11.9. The largest absolute Gasteiger partial charge is 0.311 e. The van der Waals surface area contributed by atoms with E-state index in [2.05, 4.69) is 5.32 Å². The fraction of sp³-hybridized carbons (Fsp3) is 1.00. The van der Waals surface area contributed by atoms with Crippen LogP contribution in [0.2, 0.25) is 0 Å². The molecule has 14 heavy (non-hydrogen) atoms. The standard InChI is InChI=1S/C8H14F2N2.C2H6/c1-12-5-7(6-12)2-3-11-4-8(7,9)10;1-2/h11H,2-6H2,1H3;1-2H3.